The summed E-state index contributed by atoms with van der Waals surface area (Å²) in [5.41, 5.74) is 1.21. The van der Waals surface area contributed by atoms with E-state index < -0.39 is 0 Å². The Morgan fingerprint density at radius 1 is 1.21 bits per heavy atom. The molecule has 0 fully saturated rings. The number of nitrogens with zero attached hydrogens (tertiary/aromatic N) is 1. The third-order valence-electron chi connectivity index (χ3n) is 2.99. The van der Waals surface area contributed by atoms with Crippen LogP contribution in [0.5, 0.6) is 0 Å². The molecule has 1 nitrogen and oxygen atoms in total. The molecule has 0 amide bonds. The summed E-state index contributed by atoms with van der Waals surface area (Å²) in [5, 5.41) is 3.43. The Morgan fingerprint density at radius 2 is 2.05 bits per heavy atom. The monoisotopic (exact) mass is 263 g/mol. The molecule has 1 aromatic rings. The fraction of sp³-hybridized carbons (Fsp3) is 0.0588. The molecular formula is C17H13NS. The van der Waals surface area contributed by atoms with Gasteiger partial charge < -0.3 is 0 Å². The minimum atomic E-state index is 0.871. The van der Waals surface area contributed by atoms with Gasteiger partial charge in [0.05, 0.1) is 0 Å². The fourth-order valence-corrected chi connectivity index (χ4v) is 2.88. The smallest absolute Gasteiger partial charge is 0.114 e. The maximum atomic E-state index is 4.38. The predicted octanol–water partition coefficient (Wildman–Crippen LogP) is 2.91. The van der Waals surface area contributed by atoms with Gasteiger partial charge in [0.1, 0.15) is 5.03 Å². The van der Waals surface area contributed by atoms with Crippen molar-refractivity contribution in [3.63, 3.8) is 0 Å². The quantitative estimate of drug-likeness (QED) is 0.701. The van der Waals surface area contributed by atoms with E-state index in [-0.39, 0.29) is 0 Å². The molecule has 1 aromatic carbocycles. The molecule has 0 N–H and O–H groups in total. The van der Waals surface area contributed by atoms with Gasteiger partial charge in [0.15, 0.2) is 0 Å². The van der Waals surface area contributed by atoms with Crippen molar-refractivity contribution in [2.45, 2.75) is 6.42 Å². The van der Waals surface area contributed by atoms with Gasteiger partial charge in [-0.05, 0) is 40.5 Å². The summed E-state index contributed by atoms with van der Waals surface area (Å²) in [5.74, 6) is 2.92. The van der Waals surface area contributed by atoms with Gasteiger partial charge in [0.25, 0.3) is 0 Å². The van der Waals surface area contributed by atoms with Gasteiger partial charge in [0, 0.05) is 4.91 Å². The molecule has 3 rings (SSSR count). The van der Waals surface area contributed by atoms with Gasteiger partial charge in [0.2, 0.25) is 0 Å². The van der Waals surface area contributed by atoms with Crippen LogP contribution in [-0.4, -0.2) is 5.87 Å². The van der Waals surface area contributed by atoms with E-state index in [2.05, 4.69) is 59.9 Å². The lowest BCUT2D eigenvalue weighted by molar-refractivity contribution is 1.29. The van der Waals surface area contributed by atoms with E-state index in [9.17, 15) is 0 Å². The van der Waals surface area contributed by atoms with Gasteiger partial charge in [-0.2, -0.15) is 4.99 Å². The Hall–Kier alpha value is -2.02. The van der Waals surface area contributed by atoms with E-state index in [0.717, 1.165) is 16.4 Å². The zero-order valence-electron chi connectivity index (χ0n) is 10.5. The summed E-state index contributed by atoms with van der Waals surface area (Å²) in [6, 6.07) is 8.37. The van der Waals surface area contributed by atoms with E-state index in [0.29, 0.717) is 0 Å². The van der Waals surface area contributed by atoms with E-state index in [4.69, 9.17) is 0 Å². The normalized spacial score (nSPS) is 20.9. The number of hydrogen-bond acceptors (Lipinski definition) is 2. The molecule has 2 heterocycles. The van der Waals surface area contributed by atoms with Crippen LogP contribution in [0.4, 0.5) is 0 Å². The standard InChI is InChI=1S/C17H13NS/c1-13-12-16-8-3-2-6-14(16)9-10-15-7-4-5-11-18-17(15)19-13/h2-9,12H,1,10H2/b14-9-,16-12-. The molecule has 92 valence electrons. The summed E-state index contributed by atoms with van der Waals surface area (Å²) in [6.45, 7) is 4.12. The molecule has 0 aromatic heterocycles. The van der Waals surface area contributed by atoms with Crippen LogP contribution < -0.4 is 10.4 Å². The van der Waals surface area contributed by atoms with Gasteiger partial charge in [-0.1, -0.05) is 60.8 Å². The first kappa shape index (κ1) is 12.0. The molecule has 0 saturated carbocycles. The van der Waals surface area contributed by atoms with Crippen molar-refractivity contribution >= 4 is 29.8 Å². The van der Waals surface area contributed by atoms with Crippen molar-refractivity contribution < 1.29 is 0 Å². The van der Waals surface area contributed by atoms with Crippen LogP contribution in [0.1, 0.15) is 6.42 Å². The van der Waals surface area contributed by atoms with Crippen molar-refractivity contribution in [2.75, 3.05) is 0 Å². The molecule has 0 spiro atoms. The summed E-state index contributed by atoms with van der Waals surface area (Å²) in [6.07, 6.45) is 11.1. The molecule has 0 unspecified atom stereocenters. The van der Waals surface area contributed by atoms with E-state index in [1.165, 1.54) is 16.0 Å². The minimum absolute atomic E-state index is 0.871. The number of thioether (sulfide) groups is 1. The van der Waals surface area contributed by atoms with E-state index in [1.807, 2.05) is 12.2 Å². The zero-order valence-corrected chi connectivity index (χ0v) is 11.3. The minimum Gasteiger partial charge on any atom is -0.199 e. The highest BCUT2D eigenvalue weighted by Gasteiger charge is 2.07. The van der Waals surface area contributed by atoms with Crippen molar-refractivity contribution in [1.29, 1.82) is 0 Å². The Balaban J connectivity index is 2.18. The maximum absolute atomic E-state index is 4.38. The van der Waals surface area contributed by atoms with E-state index in [1.54, 1.807) is 11.8 Å². The molecule has 2 heteroatoms. The molecule has 19 heavy (non-hydrogen) atoms. The zero-order chi connectivity index (χ0) is 13.1. The SMILES string of the molecule is C=C1/C=c2/cccc/c2=C/CC2=C(N=C=CC=C2)S1. The van der Waals surface area contributed by atoms with Gasteiger partial charge in [-0.3, -0.25) is 0 Å². The lowest BCUT2D eigenvalue weighted by Crippen LogP contribution is -2.23. The number of aliphatic imine (C=N–C) groups is 1. The summed E-state index contributed by atoms with van der Waals surface area (Å²) in [4.78, 5) is 5.37. The summed E-state index contributed by atoms with van der Waals surface area (Å²) < 4.78 is 0. The number of allylic oxidation sites excluding steroid dienone is 5. The molecule has 2 aliphatic heterocycles. The van der Waals surface area contributed by atoms with Crippen LogP contribution in [0, 0.1) is 0 Å². The number of hydrogen-bond donors (Lipinski definition) is 0. The topological polar surface area (TPSA) is 12.4 Å². The molecule has 2 aliphatic rings. The number of fused-ring (bicyclic) bond motifs is 1. The molecule has 0 saturated heterocycles. The third kappa shape index (κ3) is 2.70. The van der Waals surface area contributed by atoms with Crippen molar-refractivity contribution in [2.24, 2.45) is 4.99 Å². The molecule has 0 aliphatic carbocycles. The maximum Gasteiger partial charge on any atom is 0.114 e. The Morgan fingerprint density at radius 3 is 2.95 bits per heavy atom. The second-order valence-corrected chi connectivity index (χ2v) is 5.46. The molecule has 0 bridgehead atoms. The van der Waals surface area contributed by atoms with Crippen LogP contribution >= 0.6 is 11.8 Å². The van der Waals surface area contributed by atoms with Crippen molar-refractivity contribution in [3.05, 3.63) is 75.0 Å². The van der Waals surface area contributed by atoms with Crippen LogP contribution in [0.3, 0.4) is 0 Å². The fourth-order valence-electron chi connectivity index (χ4n) is 2.07. The molecule has 0 radical (unpaired) electrons. The average molecular weight is 263 g/mol. The molecule has 0 atom stereocenters. The van der Waals surface area contributed by atoms with E-state index >= 15 is 0 Å². The van der Waals surface area contributed by atoms with Gasteiger partial charge >= 0.3 is 0 Å². The predicted molar refractivity (Wildman–Crippen MR) is 84.1 cm³/mol. The first-order valence-corrected chi connectivity index (χ1v) is 6.97. The first-order chi connectivity index (χ1) is 9.33. The first-order valence-electron chi connectivity index (χ1n) is 6.16. The van der Waals surface area contributed by atoms with Crippen LogP contribution in [-0.2, 0) is 0 Å². The van der Waals surface area contributed by atoms with Gasteiger partial charge in [-0.15, -0.1) is 0 Å². The lowest BCUT2D eigenvalue weighted by Gasteiger charge is -2.04. The average Bonchev–Trinajstić information content (AvgIpc) is 2.59. The lowest BCUT2D eigenvalue weighted by atomic mass is 10.1. The van der Waals surface area contributed by atoms with Crippen LogP contribution in [0.15, 0.2) is 69.6 Å². The summed E-state index contributed by atoms with van der Waals surface area (Å²) >= 11 is 1.60. The second-order valence-electron chi connectivity index (χ2n) is 4.35. The highest BCUT2D eigenvalue weighted by molar-refractivity contribution is 8.07. The van der Waals surface area contributed by atoms with Gasteiger partial charge in [-0.25, -0.2) is 0 Å². The highest BCUT2D eigenvalue weighted by atomic mass is 32.2. The number of rotatable bonds is 0. The Labute approximate surface area is 116 Å². The summed E-state index contributed by atoms with van der Waals surface area (Å²) in [7, 11) is 0. The third-order valence-corrected chi connectivity index (χ3v) is 3.92. The Bertz CT molecular complexity index is 772. The van der Waals surface area contributed by atoms with Crippen molar-refractivity contribution in [1.82, 2.24) is 0 Å². The van der Waals surface area contributed by atoms with Crippen LogP contribution in [0.25, 0.3) is 12.2 Å². The number of benzene rings is 1. The highest BCUT2D eigenvalue weighted by Crippen LogP contribution is 2.31. The molecular weight excluding hydrogens is 250 g/mol. The second kappa shape index (κ2) is 5.31. The van der Waals surface area contributed by atoms with Crippen molar-refractivity contribution in [3.8, 4) is 0 Å². The van der Waals surface area contributed by atoms with Crippen LogP contribution in [0.2, 0.25) is 0 Å². The Kier molecular flexibility index (Phi) is 3.37. The largest absolute Gasteiger partial charge is 0.199 e.